The van der Waals surface area contributed by atoms with Gasteiger partial charge in [0.15, 0.2) is 0 Å². The third kappa shape index (κ3) is 2.98. The fourth-order valence-electron chi connectivity index (χ4n) is 3.06. The Kier molecular flexibility index (Phi) is 5.27. The van der Waals surface area contributed by atoms with Gasteiger partial charge in [-0.05, 0) is 73.9 Å². The predicted molar refractivity (Wildman–Crippen MR) is 77.7 cm³/mol. The first-order valence-corrected chi connectivity index (χ1v) is 7.68. The van der Waals surface area contributed by atoms with E-state index in [1.54, 1.807) is 6.26 Å². The summed E-state index contributed by atoms with van der Waals surface area (Å²) in [6.07, 6.45) is 5.55. The number of nitrogens with one attached hydrogen (secondary N) is 1. The second kappa shape index (κ2) is 6.73. The number of piperidine rings is 1. The molecular weight excluding hydrogens is 292 g/mol. The molecule has 0 aromatic carbocycles. The maximum Gasteiger partial charge on any atom is 0.135 e. The fraction of sp³-hybridized carbons (Fsp3) is 0.714. The van der Waals surface area contributed by atoms with Crippen LogP contribution in [0.5, 0.6) is 0 Å². The van der Waals surface area contributed by atoms with Crippen molar-refractivity contribution in [1.82, 2.24) is 10.2 Å². The van der Waals surface area contributed by atoms with Crippen molar-refractivity contribution in [3.8, 4) is 0 Å². The first kappa shape index (κ1) is 14.1. The quantitative estimate of drug-likeness (QED) is 0.902. The van der Waals surface area contributed by atoms with Crippen molar-refractivity contribution >= 4 is 15.9 Å². The molecule has 0 amide bonds. The van der Waals surface area contributed by atoms with Gasteiger partial charge in [0, 0.05) is 0 Å². The zero-order valence-corrected chi connectivity index (χ0v) is 12.9. The Morgan fingerprint density at radius 1 is 1.56 bits per heavy atom. The van der Waals surface area contributed by atoms with Crippen LogP contribution in [-0.2, 0) is 0 Å². The average molecular weight is 315 g/mol. The molecule has 0 aliphatic carbocycles. The van der Waals surface area contributed by atoms with Crippen molar-refractivity contribution in [2.24, 2.45) is 5.92 Å². The molecule has 0 saturated carbocycles. The van der Waals surface area contributed by atoms with E-state index in [1.807, 2.05) is 13.1 Å². The van der Waals surface area contributed by atoms with E-state index in [0.717, 1.165) is 23.3 Å². The molecule has 1 N–H and O–H groups in total. The molecule has 2 atom stereocenters. The Hall–Kier alpha value is -0.320. The smallest absolute Gasteiger partial charge is 0.135 e. The van der Waals surface area contributed by atoms with Crippen LogP contribution in [0.15, 0.2) is 21.2 Å². The van der Waals surface area contributed by atoms with Gasteiger partial charge in [-0.25, -0.2) is 0 Å². The van der Waals surface area contributed by atoms with Crippen LogP contribution < -0.4 is 5.32 Å². The monoisotopic (exact) mass is 314 g/mol. The van der Waals surface area contributed by atoms with Gasteiger partial charge in [0.05, 0.1) is 16.8 Å². The summed E-state index contributed by atoms with van der Waals surface area (Å²) in [7, 11) is 2.03. The molecule has 0 bridgehead atoms. The van der Waals surface area contributed by atoms with Crippen LogP contribution in [0.4, 0.5) is 0 Å². The highest BCUT2D eigenvalue weighted by Gasteiger charge is 2.34. The van der Waals surface area contributed by atoms with Gasteiger partial charge in [0.1, 0.15) is 5.76 Å². The molecule has 2 unspecified atom stereocenters. The number of likely N-dealkylation sites (tertiary alicyclic amines) is 1. The molecule has 1 fully saturated rings. The average Bonchev–Trinajstić information content (AvgIpc) is 2.77. The van der Waals surface area contributed by atoms with E-state index in [9.17, 15) is 0 Å². The standard InChI is InChI=1S/C14H23BrN2O/c1-3-7-17-8-4-5-11(10-16-2)13(17)14-12(15)6-9-18-14/h6,9,11,13,16H,3-5,7-8,10H2,1-2H3. The lowest BCUT2D eigenvalue weighted by Gasteiger charge is -2.40. The number of rotatable bonds is 5. The van der Waals surface area contributed by atoms with Crippen LogP contribution in [-0.4, -0.2) is 31.6 Å². The zero-order chi connectivity index (χ0) is 13.0. The fourth-order valence-corrected chi connectivity index (χ4v) is 3.50. The maximum absolute atomic E-state index is 5.74. The van der Waals surface area contributed by atoms with Gasteiger partial charge in [-0.15, -0.1) is 0 Å². The maximum atomic E-state index is 5.74. The SMILES string of the molecule is CCCN1CCCC(CNC)C1c1occc1Br. The van der Waals surface area contributed by atoms with Gasteiger partial charge in [-0.3, -0.25) is 4.90 Å². The summed E-state index contributed by atoms with van der Waals surface area (Å²) >= 11 is 3.62. The molecule has 1 aliphatic rings. The topological polar surface area (TPSA) is 28.4 Å². The second-order valence-corrected chi connectivity index (χ2v) is 5.93. The predicted octanol–water partition coefficient (Wildman–Crippen LogP) is 3.42. The van der Waals surface area contributed by atoms with Crippen molar-refractivity contribution in [3.05, 3.63) is 22.6 Å². The Labute approximate surface area is 118 Å². The molecule has 0 radical (unpaired) electrons. The summed E-state index contributed by atoms with van der Waals surface area (Å²) in [5, 5.41) is 3.33. The van der Waals surface area contributed by atoms with Gasteiger partial charge < -0.3 is 9.73 Å². The molecule has 2 heterocycles. The van der Waals surface area contributed by atoms with E-state index in [1.165, 1.54) is 25.8 Å². The van der Waals surface area contributed by atoms with Gasteiger partial charge in [0.25, 0.3) is 0 Å². The molecule has 0 spiro atoms. The molecular formula is C14H23BrN2O. The number of hydrogen-bond donors (Lipinski definition) is 1. The van der Waals surface area contributed by atoms with Gasteiger partial charge in [-0.1, -0.05) is 6.92 Å². The molecule has 1 saturated heterocycles. The lowest BCUT2D eigenvalue weighted by molar-refractivity contribution is 0.0758. The van der Waals surface area contributed by atoms with E-state index in [0.29, 0.717) is 12.0 Å². The lowest BCUT2D eigenvalue weighted by atomic mass is 9.87. The highest BCUT2D eigenvalue weighted by molar-refractivity contribution is 9.10. The normalized spacial score (nSPS) is 25.5. The number of hydrogen-bond acceptors (Lipinski definition) is 3. The van der Waals surface area contributed by atoms with Crippen molar-refractivity contribution in [3.63, 3.8) is 0 Å². The molecule has 2 rings (SSSR count). The van der Waals surface area contributed by atoms with E-state index in [2.05, 4.69) is 33.1 Å². The van der Waals surface area contributed by atoms with Gasteiger partial charge in [-0.2, -0.15) is 0 Å². The van der Waals surface area contributed by atoms with Crippen LogP contribution >= 0.6 is 15.9 Å². The third-order valence-corrected chi connectivity index (χ3v) is 4.41. The van der Waals surface area contributed by atoms with Crippen molar-refractivity contribution < 1.29 is 4.42 Å². The summed E-state index contributed by atoms with van der Waals surface area (Å²) in [6, 6.07) is 2.42. The van der Waals surface area contributed by atoms with Crippen molar-refractivity contribution in [2.75, 3.05) is 26.7 Å². The lowest BCUT2D eigenvalue weighted by Crippen LogP contribution is -2.42. The highest BCUT2D eigenvalue weighted by atomic mass is 79.9. The minimum Gasteiger partial charge on any atom is -0.466 e. The first-order valence-electron chi connectivity index (χ1n) is 6.89. The Balaban J connectivity index is 2.23. The minimum atomic E-state index is 0.413. The molecule has 102 valence electrons. The number of nitrogens with zero attached hydrogens (tertiary/aromatic N) is 1. The Morgan fingerprint density at radius 2 is 2.39 bits per heavy atom. The summed E-state index contributed by atoms with van der Waals surface area (Å²) in [5.41, 5.74) is 0. The second-order valence-electron chi connectivity index (χ2n) is 5.07. The highest BCUT2D eigenvalue weighted by Crippen LogP contribution is 2.39. The van der Waals surface area contributed by atoms with Gasteiger partial charge >= 0.3 is 0 Å². The van der Waals surface area contributed by atoms with Crippen LogP contribution in [0.2, 0.25) is 0 Å². The third-order valence-electron chi connectivity index (χ3n) is 3.75. The number of halogens is 1. The van der Waals surface area contributed by atoms with E-state index in [4.69, 9.17) is 4.42 Å². The van der Waals surface area contributed by atoms with E-state index < -0.39 is 0 Å². The van der Waals surface area contributed by atoms with Crippen molar-refractivity contribution in [1.29, 1.82) is 0 Å². The van der Waals surface area contributed by atoms with Crippen LogP contribution in [0.25, 0.3) is 0 Å². The number of furan rings is 1. The molecule has 1 aromatic heterocycles. The van der Waals surface area contributed by atoms with E-state index >= 15 is 0 Å². The minimum absolute atomic E-state index is 0.413. The van der Waals surface area contributed by atoms with Crippen molar-refractivity contribution in [2.45, 2.75) is 32.2 Å². The summed E-state index contributed by atoms with van der Waals surface area (Å²) in [6.45, 7) is 5.64. The van der Waals surface area contributed by atoms with Crippen LogP contribution in [0.3, 0.4) is 0 Å². The molecule has 4 heteroatoms. The summed E-state index contributed by atoms with van der Waals surface area (Å²) in [5.74, 6) is 1.74. The molecule has 1 aliphatic heterocycles. The zero-order valence-electron chi connectivity index (χ0n) is 11.3. The Bertz CT molecular complexity index is 348. The van der Waals surface area contributed by atoms with Crippen LogP contribution in [0, 0.1) is 5.92 Å². The van der Waals surface area contributed by atoms with Gasteiger partial charge in [0.2, 0.25) is 0 Å². The molecule has 3 nitrogen and oxygen atoms in total. The first-order chi connectivity index (χ1) is 8.77. The molecule has 18 heavy (non-hydrogen) atoms. The van der Waals surface area contributed by atoms with Crippen LogP contribution in [0.1, 0.15) is 38.0 Å². The van der Waals surface area contributed by atoms with E-state index in [-0.39, 0.29) is 0 Å². The largest absolute Gasteiger partial charge is 0.466 e. The Morgan fingerprint density at radius 3 is 3.00 bits per heavy atom. The molecule has 1 aromatic rings. The summed E-state index contributed by atoms with van der Waals surface area (Å²) in [4.78, 5) is 2.58. The summed E-state index contributed by atoms with van der Waals surface area (Å²) < 4.78 is 6.85.